The van der Waals surface area contributed by atoms with Gasteiger partial charge >= 0.3 is 0 Å². The molecule has 2 rings (SSSR count). The SMILES string of the molecule is O=C1CN(C(=O)CCN2CCSC2=O)CC(=O)N1. The number of amides is 4. The van der Waals surface area contributed by atoms with Crippen LogP contribution in [0, 0.1) is 0 Å². The van der Waals surface area contributed by atoms with Gasteiger partial charge in [-0.25, -0.2) is 0 Å². The van der Waals surface area contributed by atoms with Gasteiger partial charge in [-0.05, 0) is 0 Å². The molecular formula is C10H13N3O4S. The molecule has 0 spiro atoms. The number of hydrogen-bond acceptors (Lipinski definition) is 5. The van der Waals surface area contributed by atoms with E-state index in [0.29, 0.717) is 13.1 Å². The van der Waals surface area contributed by atoms with Gasteiger partial charge in [0.2, 0.25) is 17.7 Å². The first-order chi connectivity index (χ1) is 8.56. The highest BCUT2D eigenvalue weighted by Gasteiger charge is 2.27. The summed E-state index contributed by atoms with van der Waals surface area (Å²) in [6.45, 7) is 0.813. The molecule has 0 radical (unpaired) electrons. The number of rotatable bonds is 3. The zero-order valence-corrected chi connectivity index (χ0v) is 10.5. The molecular weight excluding hydrogens is 258 g/mol. The number of nitrogens with zero attached hydrogens (tertiary/aromatic N) is 2. The van der Waals surface area contributed by atoms with E-state index in [1.807, 2.05) is 0 Å². The molecule has 0 aliphatic carbocycles. The van der Waals surface area contributed by atoms with E-state index in [1.165, 1.54) is 16.7 Å². The van der Waals surface area contributed by atoms with Gasteiger partial charge in [0.15, 0.2) is 0 Å². The first-order valence-electron chi connectivity index (χ1n) is 5.58. The van der Waals surface area contributed by atoms with E-state index in [9.17, 15) is 19.2 Å². The van der Waals surface area contributed by atoms with Gasteiger partial charge < -0.3 is 9.80 Å². The highest BCUT2D eigenvalue weighted by molar-refractivity contribution is 8.13. The van der Waals surface area contributed by atoms with Gasteiger partial charge in [0.25, 0.3) is 5.24 Å². The van der Waals surface area contributed by atoms with Crippen LogP contribution in [0.15, 0.2) is 0 Å². The molecule has 4 amide bonds. The predicted octanol–water partition coefficient (Wildman–Crippen LogP) is -0.970. The van der Waals surface area contributed by atoms with Crippen LogP contribution >= 0.6 is 11.8 Å². The number of imide groups is 1. The second-order valence-corrected chi connectivity index (χ2v) is 5.12. The molecule has 2 aliphatic heterocycles. The minimum atomic E-state index is -0.465. The Morgan fingerprint density at radius 2 is 1.89 bits per heavy atom. The van der Waals surface area contributed by atoms with Gasteiger partial charge in [0.05, 0.1) is 0 Å². The fraction of sp³-hybridized carbons (Fsp3) is 0.600. The Labute approximate surface area is 108 Å². The summed E-state index contributed by atoms with van der Waals surface area (Å²) in [5.74, 6) is -0.458. The van der Waals surface area contributed by atoms with E-state index in [2.05, 4.69) is 5.32 Å². The minimum Gasteiger partial charge on any atom is -0.332 e. The second kappa shape index (κ2) is 5.38. The molecule has 2 heterocycles. The number of piperazine rings is 1. The smallest absolute Gasteiger partial charge is 0.281 e. The van der Waals surface area contributed by atoms with Gasteiger partial charge in [0, 0.05) is 25.3 Å². The Balaban J connectivity index is 1.82. The van der Waals surface area contributed by atoms with Crippen LogP contribution in [0.3, 0.4) is 0 Å². The lowest BCUT2D eigenvalue weighted by Gasteiger charge is -2.26. The van der Waals surface area contributed by atoms with E-state index < -0.39 is 11.8 Å². The molecule has 2 fully saturated rings. The minimum absolute atomic E-state index is 0.0183. The molecule has 0 saturated carbocycles. The standard InChI is InChI=1S/C10H13N3O4S/c14-7-5-13(6-8(15)11-7)9(16)1-2-12-3-4-18-10(12)17/h1-6H2,(H,11,14,15). The van der Waals surface area contributed by atoms with E-state index in [-0.39, 0.29) is 30.7 Å². The third-order valence-electron chi connectivity index (χ3n) is 2.74. The molecule has 0 unspecified atom stereocenters. The van der Waals surface area contributed by atoms with Crippen LogP contribution in [0.5, 0.6) is 0 Å². The van der Waals surface area contributed by atoms with Crippen molar-refractivity contribution in [3.05, 3.63) is 0 Å². The van der Waals surface area contributed by atoms with Crippen molar-refractivity contribution in [3.8, 4) is 0 Å². The maximum atomic E-state index is 11.8. The zero-order chi connectivity index (χ0) is 13.1. The highest BCUT2D eigenvalue weighted by Crippen LogP contribution is 2.17. The highest BCUT2D eigenvalue weighted by atomic mass is 32.2. The number of carbonyl (C=O) groups excluding carboxylic acids is 4. The van der Waals surface area contributed by atoms with Crippen molar-refractivity contribution in [3.63, 3.8) is 0 Å². The predicted molar refractivity (Wildman–Crippen MR) is 63.8 cm³/mol. The summed E-state index contributed by atoms with van der Waals surface area (Å²) in [4.78, 5) is 48.2. The lowest BCUT2D eigenvalue weighted by molar-refractivity contribution is -0.145. The van der Waals surface area contributed by atoms with Crippen LogP contribution in [0.25, 0.3) is 0 Å². The Bertz CT molecular complexity index is 396. The number of thioether (sulfide) groups is 1. The Kier molecular flexibility index (Phi) is 3.85. The third-order valence-corrected chi connectivity index (χ3v) is 3.63. The molecule has 18 heavy (non-hydrogen) atoms. The molecule has 0 aromatic heterocycles. The summed E-state index contributed by atoms with van der Waals surface area (Å²) >= 11 is 1.24. The quantitative estimate of drug-likeness (QED) is 0.667. The summed E-state index contributed by atoms with van der Waals surface area (Å²) in [7, 11) is 0. The lowest BCUT2D eigenvalue weighted by atomic mass is 10.3. The Morgan fingerprint density at radius 3 is 2.44 bits per heavy atom. The fourth-order valence-electron chi connectivity index (χ4n) is 1.83. The normalized spacial score (nSPS) is 20.3. The number of hydrogen-bond donors (Lipinski definition) is 1. The maximum absolute atomic E-state index is 11.8. The monoisotopic (exact) mass is 271 g/mol. The van der Waals surface area contributed by atoms with E-state index in [0.717, 1.165) is 5.75 Å². The Hall–Kier alpha value is -1.57. The summed E-state index contributed by atoms with van der Waals surface area (Å²) in [5.41, 5.74) is 0. The van der Waals surface area contributed by atoms with Crippen molar-refractivity contribution in [1.29, 1.82) is 0 Å². The van der Waals surface area contributed by atoms with Crippen molar-refractivity contribution >= 4 is 34.7 Å². The average Bonchev–Trinajstić information content (AvgIpc) is 2.70. The van der Waals surface area contributed by atoms with Crippen LogP contribution < -0.4 is 5.32 Å². The Morgan fingerprint density at radius 1 is 1.22 bits per heavy atom. The molecule has 0 aromatic carbocycles. The number of nitrogens with one attached hydrogen (secondary N) is 1. The maximum Gasteiger partial charge on any atom is 0.281 e. The van der Waals surface area contributed by atoms with E-state index in [1.54, 1.807) is 4.90 Å². The molecule has 0 bridgehead atoms. The van der Waals surface area contributed by atoms with Gasteiger partial charge in [0.1, 0.15) is 13.1 Å². The summed E-state index contributed by atoms with van der Waals surface area (Å²) < 4.78 is 0. The van der Waals surface area contributed by atoms with Crippen molar-refractivity contribution in [2.75, 3.05) is 31.9 Å². The topological polar surface area (TPSA) is 86.8 Å². The lowest BCUT2D eigenvalue weighted by Crippen LogP contribution is -2.53. The fourth-order valence-corrected chi connectivity index (χ4v) is 2.68. The third kappa shape index (κ3) is 3.00. The average molecular weight is 271 g/mol. The molecule has 1 N–H and O–H groups in total. The van der Waals surface area contributed by atoms with Gasteiger partial charge in [-0.1, -0.05) is 11.8 Å². The van der Waals surface area contributed by atoms with Gasteiger partial charge in [-0.3, -0.25) is 24.5 Å². The molecule has 0 aromatic rings. The molecule has 2 aliphatic rings. The van der Waals surface area contributed by atoms with Crippen molar-refractivity contribution in [1.82, 2.24) is 15.1 Å². The molecule has 0 atom stereocenters. The first kappa shape index (κ1) is 12.9. The first-order valence-corrected chi connectivity index (χ1v) is 6.57. The van der Waals surface area contributed by atoms with Crippen LogP contribution in [-0.2, 0) is 14.4 Å². The molecule has 2 saturated heterocycles. The molecule has 98 valence electrons. The second-order valence-electron chi connectivity index (χ2n) is 4.07. The van der Waals surface area contributed by atoms with Crippen molar-refractivity contribution < 1.29 is 19.2 Å². The van der Waals surface area contributed by atoms with Crippen molar-refractivity contribution in [2.24, 2.45) is 0 Å². The van der Waals surface area contributed by atoms with Crippen LogP contribution in [0.4, 0.5) is 4.79 Å². The van der Waals surface area contributed by atoms with E-state index in [4.69, 9.17) is 0 Å². The number of carbonyl (C=O) groups is 4. The van der Waals surface area contributed by atoms with Crippen LogP contribution in [0.1, 0.15) is 6.42 Å². The van der Waals surface area contributed by atoms with Gasteiger partial charge in [-0.15, -0.1) is 0 Å². The van der Waals surface area contributed by atoms with Crippen molar-refractivity contribution in [2.45, 2.75) is 6.42 Å². The van der Waals surface area contributed by atoms with Crippen LogP contribution in [0.2, 0.25) is 0 Å². The summed E-state index contributed by atoms with van der Waals surface area (Å²) in [6, 6.07) is 0. The molecule has 8 heteroatoms. The largest absolute Gasteiger partial charge is 0.332 e. The summed E-state index contributed by atoms with van der Waals surface area (Å²) in [5, 5.41) is 2.11. The summed E-state index contributed by atoms with van der Waals surface area (Å²) in [6.07, 6.45) is 0.146. The van der Waals surface area contributed by atoms with Crippen LogP contribution in [-0.4, -0.2) is 64.7 Å². The zero-order valence-electron chi connectivity index (χ0n) is 9.68. The van der Waals surface area contributed by atoms with E-state index >= 15 is 0 Å². The molecule has 7 nitrogen and oxygen atoms in total. The van der Waals surface area contributed by atoms with Gasteiger partial charge in [-0.2, -0.15) is 0 Å².